The second-order valence-corrected chi connectivity index (χ2v) is 4.14. The molecule has 0 saturated heterocycles. The van der Waals surface area contributed by atoms with Crippen LogP contribution in [-0.4, -0.2) is 36.6 Å². The Bertz CT molecular complexity index is 227. The van der Waals surface area contributed by atoms with E-state index in [0.717, 1.165) is 13.0 Å². The van der Waals surface area contributed by atoms with Crippen molar-refractivity contribution >= 4 is 11.9 Å². The van der Waals surface area contributed by atoms with E-state index >= 15 is 0 Å². The van der Waals surface area contributed by atoms with Crippen molar-refractivity contribution in [1.29, 1.82) is 0 Å². The van der Waals surface area contributed by atoms with E-state index in [9.17, 15) is 9.59 Å². The predicted molar refractivity (Wildman–Crippen MR) is 57.6 cm³/mol. The predicted octanol–water partition coefficient (Wildman–Crippen LogP) is 0.213. The number of carboxylic acids is 1. The van der Waals surface area contributed by atoms with E-state index in [4.69, 9.17) is 5.11 Å². The highest BCUT2D eigenvalue weighted by Crippen LogP contribution is 2.12. The van der Waals surface area contributed by atoms with Gasteiger partial charge in [-0.1, -0.05) is 6.92 Å². The molecule has 15 heavy (non-hydrogen) atoms. The third-order valence-electron chi connectivity index (χ3n) is 2.02. The van der Waals surface area contributed by atoms with Gasteiger partial charge in [0.15, 0.2) is 0 Å². The Morgan fingerprint density at radius 3 is 2.40 bits per heavy atom. The van der Waals surface area contributed by atoms with Crippen LogP contribution in [0, 0.1) is 5.41 Å². The molecule has 0 unspecified atom stereocenters. The van der Waals surface area contributed by atoms with Crippen molar-refractivity contribution in [3.63, 3.8) is 0 Å². The zero-order chi connectivity index (χ0) is 11.9. The first-order valence-corrected chi connectivity index (χ1v) is 5.11. The van der Waals surface area contributed by atoms with Crippen LogP contribution in [0.2, 0.25) is 0 Å². The number of aliphatic carboxylic acids is 1. The molecular formula is C10H20N2O3. The van der Waals surface area contributed by atoms with Crippen LogP contribution in [0.25, 0.3) is 0 Å². The smallest absolute Gasteiger partial charge is 0.310 e. The van der Waals surface area contributed by atoms with Gasteiger partial charge in [0.25, 0.3) is 0 Å². The lowest BCUT2D eigenvalue weighted by molar-refractivity contribution is -0.146. The number of carbonyl (C=O) groups is 2. The molecule has 0 fully saturated rings. The largest absolute Gasteiger partial charge is 0.481 e. The second kappa shape index (κ2) is 6.40. The van der Waals surface area contributed by atoms with E-state index in [0.29, 0.717) is 0 Å². The van der Waals surface area contributed by atoms with Crippen LogP contribution in [0.1, 0.15) is 27.2 Å². The summed E-state index contributed by atoms with van der Waals surface area (Å²) in [5.74, 6) is -1.08. The Morgan fingerprint density at radius 1 is 1.33 bits per heavy atom. The summed E-state index contributed by atoms with van der Waals surface area (Å²) in [6, 6.07) is 0. The van der Waals surface area contributed by atoms with Gasteiger partial charge >= 0.3 is 5.97 Å². The molecule has 0 aromatic heterocycles. The summed E-state index contributed by atoms with van der Waals surface area (Å²) in [4.78, 5) is 21.9. The van der Waals surface area contributed by atoms with E-state index in [2.05, 4.69) is 10.6 Å². The lowest BCUT2D eigenvalue weighted by atomic mass is 9.94. The molecule has 5 nitrogen and oxygen atoms in total. The van der Waals surface area contributed by atoms with Crippen molar-refractivity contribution in [3.05, 3.63) is 0 Å². The summed E-state index contributed by atoms with van der Waals surface area (Å²) < 4.78 is 0. The van der Waals surface area contributed by atoms with E-state index in [-0.39, 0.29) is 19.0 Å². The van der Waals surface area contributed by atoms with Gasteiger partial charge in [-0.2, -0.15) is 0 Å². The number of carbonyl (C=O) groups excluding carboxylic acids is 1. The molecule has 0 radical (unpaired) electrons. The SMILES string of the molecule is CCCNCC(=O)NCC(C)(C)C(=O)O. The molecule has 88 valence electrons. The number of nitrogens with one attached hydrogen (secondary N) is 2. The minimum atomic E-state index is -0.916. The maximum Gasteiger partial charge on any atom is 0.310 e. The Labute approximate surface area is 90.2 Å². The standard InChI is InChI=1S/C10H20N2O3/c1-4-5-11-6-8(13)12-7-10(2,3)9(14)15/h11H,4-7H2,1-3H3,(H,12,13)(H,14,15). The summed E-state index contributed by atoms with van der Waals surface area (Å²) in [7, 11) is 0. The third-order valence-corrected chi connectivity index (χ3v) is 2.02. The summed E-state index contributed by atoms with van der Waals surface area (Å²) in [6.07, 6.45) is 0.966. The van der Waals surface area contributed by atoms with Gasteiger partial charge < -0.3 is 15.7 Å². The summed E-state index contributed by atoms with van der Waals surface area (Å²) >= 11 is 0. The van der Waals surface area contributed by atoms with Crippen LogP contribution in [-0.2, 0) is 9.59 Å². The van der Waals surface area contributed by atoms with Crippen LogP contribution in [0.15, 0.2) is 0 Å². The van der Waals surface area contributed by atoms with E-state index in [1.807, 2.05) is 6.92 Å². The molecule has 0 aliphatic carbocycles. The monoisotopic (exact) mass is 216 g/mol. The topological polar surface area (TPSA) is 78.4 Å². The van der Waals surface area contributed by atoms with Gasteiger partial charge in [0, 0.05) is 6.54 Å². The van der Waals surface area contributed by atoms with E-state index in [1.165, 1.54) is 0 Å². The van der Waals surface area contributed by atoms with E-state index < -0.39 is 11.4 Å². The fourth-order valence-electron chi connectivity index (χ4n) is 0.836. The quantitative estimate of drug-likeness (QED) is 0.532. The fourth-order valence-corrected chi connectivity index (χ4v) is 0.836. The van der Waals surface area contributed by atoms with Gasteiger partial charge in [0.05, 0.1) is 12.0 Å². The summed E-state index contributed by atoms with van der Waals surface area (Å²) in [6.45, 7) is 6.34. The lowest BCUT2D eigenvalue weighted by Crippen LogP contribution is -2.42. The minimum absolute atomic E-state index is 0.148. The number of rotatable bonds is 7. The molecule has 0 aromatic carbocycles. The molecule has 3 N–H and O–H groups in total. The molecular weight excluding hydrogens is 196 g/mol. The minimum Gasteiger partial charge on any atom is -0.481 e. The maximum atomic E-state index is 11.2. The van der Waals surface area contributed by atoms with Crippen molar-refractivity contribution < 1.29 is 14.7 Å². The Kier molecular flexibility index (Phi) is 5.93. The van der Waals surface area contributed by atoms with Gasteiger partial charge in [-0.25, -0.2) is 0 Å². The first-order chi connectivity index (χ1) is 6.90. The zero-order valence-corrected chi connectivity index (χ0v) is 9.59. The Balaban J connectivity index is 3.75. The van der Waals surface area contributed by atoms with Crippen LogP contribution in [0.4, 0.5) is 0 Å². The van der Waals surface area contributed by atoms with Crippen molar-refractivity contribution in [3.8, 4) is 0 Å². The van der Waals surface area contributed by atoms with Crippen LogP contribution in [0.3, 0.4) is 0 Å². The number of amides is 1. The molecule has 0 aliphatic heterocycles. The molecule has 0 rings (SSSR count). The molecule has 0 aromatic rings. The highest BCUT2D eigenvalue weighted by Gasteiger charge is 2.27. The highest BCUT2D eigenvalue weighted by atomic mass is 16.4. The van der Waals surface area contributed by atoms with Gasteiger partial charge in [0.1, 0.15) is 0 Å². The molecule has 1 amide bonds. The van der Waals surface area contributed by atoms with Crippen molar-refractivity contribution in [1.82, 2.24) is 10.6 Å². The Hall–Kier alpha value is -1.10. The molecule has 0 spiro atoms. The number of hydrogen-bond donors (Lipinski definition) is 3. The second-order valence-electron chi connectivity index (χ2n) is 4.14. The fraction of sp³-hybridized carbons (Fsp3) is 0.800. The van der Waals surface area contributed by atoms with Crippen molar-refractivity contribution in [2.24, 2.45) is 5.41 Å². The van der Waals surface area contributed by atoms with Crippen molar-refractivity contribution in [2.75, 3.05) is 19.6 Å². The highest BCUT2D eigenvalue weighted by molar-refractivity contribution is 5.79. The first-order valence-electron chi connectivity index (χ1n) is 5.11. The molecule has 0 saturated carbocycles. The van der Waals surface area contributed by atoms with Crippen LogP contribution >= 0.6 is 0 Å². The number of hydrogen-bond acceptors (Lipinski definition) is 3. The molecule has 5 heteroatoms. The van der Waals surface area contributed by atoms with Gasteiger partial charge in [-0.05, 0) is 26.8 Å². The normalized spacial score (nSPS) is 11.1. The molecule has 0 aliphatic rings. The van der Waals surface area contributed by atoms with Gasteiger partial charge in [0.2, 0.25) is 5.91 Å². The number of carboxylic acid groups (broad SMARTS) is 1. The summed E-state index contributed by atoms with van der Waals surface area (Å²) in [5, 5.41) is 14.3. The average Bonchev–Trinajstić information content (AvgIpc) is 2.15. The maximum absolute atomic E-state index is 11.2. The van der Waals surface area contributed by atoms with Crippen LogP contribution < -0.4 is 10.6 Å². The Morgan fingerprint density at radius 2 is 1.93 bits per heavy atom. The van der Waals surface area contributed by atoms with Gasteiger partial charge in [-0.15, -0.1) is 0 Å². The average molecular weight is 216 g/mol. The molecule has 0 heterocycles. The van der Waals surface area contributed by atoms with E-state index in [1.54, 1.807) is 13.8 Å². The lowest BCUT2D eigenvalue weighted by Gasteiger charge is -2.19. The summed E-state index contributed by atoms with van der Waals surface area (Å²) in [5.41, 5.74) is -0.916. The van der Waals surface area contributed by atoms with Gasteiger partial charge in [-0.3, -0.25) is 9.59 Å². The first kappa shape index (κ1) is 13.9. The van der Waals surface area contributed by atoms with Crippen molar-refractivity contribution in [2.45, 2.75) is 27.2 Å². The third kappa shape index (κ3) is 6.06. The molecule has 0 atom stereocenters. The molecule has 0 bridgehead atoms. The van der Waals surface area contributed by atoms with Crippen LogP contribution in [0.5, 0.6) is 0 Å². The zero-order valence-electron chi connectivity index (χ0n) is 9.59.